The molecule has 0 aliphatic carbocycles. The molecule has 0 spiro atoms. The molecule has 9 nitrogen and oxygen atoms in total. The first-order valence-corrected chi connectivity index (χ1v) is 41.4. The van der Waals surface area contributed by atoms with Crippen LogP contribution in [0.25, 0.3) is 0 Å². The van der Waals surface area contributed by atoms with Crippen LogP contribution in [0.15, 0.2) is 48.6 Å². The number of hydrogen-bond donors (Lipinski definition) is 1. The van der Waals surface area contributed by atoms with Gasteiger partial charge in [0.15, 0.2) is 0 Å². The first-order valence-electron chi connectivity index (χ1n) is 39.9. The van der Waals surface area contributed by atoms with Gasteiger partial charge >= 0.3 is 5.97 Å². The number of hydrogen-bond acceptors (Lipinski definition) is 7. The number of ether oxygens (including phenoxy) is 1. The summed E-state index contributed by atoms with van der Waals surface area (Å²) in [5.74, 6) is -0.518. The third kappa shape index (κ3) is 72.1. The van der Waals surface area contributed by atoms with Crippen LogP contribution in [0.1, 0.15) is 406 Å². The highest BCUT2D eigenvalue weighted by Gasteiger charge is 2.27. The minimum absolute atomic E-state index is 0.0196. The maximum Gasteiger partial charge on any atom is 0.306 e. The van der Waals surface area contributed by atoms with Crippen molar-refractivity contribution in [1.29, 1.82) is 0 Å². The fourth-order valence-electron chi connectivity index (χ4n) is 12.1. The molecule has 91 heavy (non-hydrogen) atoms. The van der Waals surface area contributed by atoms with Crippen molar-refractivity contribution < 1.29 is 37.3 Å². The van der Waals surface area contributed by atoms with Gasteiger partial charge in [-0.3, -0.25) is 14.2 Å². The second-order valence-corrected chi connectivity index (χ2v) is 30.0. The van der Waals surface area contributed by atoms with Crippen LogP contribution >= 0.6 is 7.82 Å². The molecule has 536 valence electrons. The number of rotatable bonds is 74. The van der Waals surface area contributed by atoms with E-state index in [1.807, 2.05) is 33.3 Å². The summed E-state index contributed by atoms with van der Waals surface area (Å²) in [6.07, 6.45) is 91.1. The Morgan fingerprint density at radius 1 is 0.385 bits per heavy atom. The van der Waals surface area contributed by atoms with Crippen LogP contribution in [-0.2, 0) is 27.9 Å². The van der Waals surface area contributed by atoms with E-state index in [9.17, 15) is 19.0 Å². The molecule has 10 heteroatoms. The SMILES string of the molecule is CCCCC/C=C\C/C=C\CCCCCCCCCCCCCCCCCCCC(=O)NC(COP(=O)([O-])OCC[N+](C)(C)C)C(/C=C/CCCCCCCCCCCCC)OC(=O)CCCCCCCCCCCCCCCCC/C=C/CCCCCCCC. The summed E-state index contributed by atoms with van der Waals surface area (Å²) in [7, 11) is 1.21. The number of amides is 1. The highest BCUT2D eigenvalue weighted by atomic mass is 31.2. The minimum Gasteiger partial charge on any atom is -0.756 e. The van der Waals surface area contributed by atoms with Gasteiger partial charge in [-0.1, -0.05) is 352 Å². The number of unbranched alkanes of at least 4 members (excludes halogenated alkanes) is 52. The first-order chi connectivity index (χ1) is 44.4. The smallest absolute Gasteiger partial charge is 0.306 e. The van der Waals surface area contributed by atoms with Gasteiger partial charge in [0.1, 0.15) is 19.3 Å². The first kappa shape index (κ1) is 89.0. The average Bonchev–Trinajstić information content (AvgIpc) is 3.45. The molecule has 3 unspecified atom stereocenters. The molecule has 0 heterocycles. The van der Waals surface area contributed by atoms with Gasteiger partial charge in [-0.05, 0) is 89.5 Å². The van der Waals surface area contributed by atoms with Gasteiger partial charge in [0.05, 0.1) is 33.8 Å². The molecular formula is C81H155N2O7P. The van der Waals surface area contributed by atoms with E-state index in [1.165, 1.54) is 308 Å². The molecule has 0 rings (SSSR count). The average molecular weight is 1300 g/mol. The minimum atomic E-state index is -4.71. The number of likely N-dealkylation sites (N-methyl/N-ethyl adjacent to an activating group) is 1. The summed E-state index contributed by atoms with van der Waals surface area (Å²) in [6, 6.07) is -0.887. The number of carbonyl (C=O) groups excluding carboxylic acids is 2. The summed E-state index contributed by atoms with van der Waals surface area (Å²) in [5.41, 5.74) is 0. The van der Waals surface area contributed by atoms with Crippen LogP contribution in [0.4, 0.5) is 0 Å². The van der Waals surface area contributed by atoms with Crippen LogP contribution in [0.2, 0.25) is 0 Å². The number of quaternary nitrogens is 1. The molecule has 1 N–H and O–H groups in total. The van der Waals surface area contributed by atoms with Crippen molar-refractivity contribution in [2.75, 3.05) is 40.9 Å². The summed E-state index contributed by atoms with van der Waals surface area (Å²) in [5, 5.41) is 3.06. The highest BCUT2D eigenvalue weighted by molar-refractivity contribution is 7.45. The topological polar surface area (TPSA) is 114 Å². The Labute approximate surface area is 567 Å². The van der Waals surface area contributed by atoms with Gasteiger partial charge in [0, 0.05) is 12.8 Å². The largest absolute Gasteiger partial charge is 0.756 e. The fraction of sp³-hybridized carbons (Fsp3) is 0.877. The lowest BCUT2D eigenvalue weighted by atomic mass is 10.0. The molecule has 0 aliphatic heterocycles. The molecule has 1 amide bonds. The van der Waals surface area contributed by atoms with Gasteiger partial charge in [0.2, 0.25) is 5.91 Å². The van der Waals surface area contributed by atoms with E-state index in [4.69, 9.17) is 13.8 Å². The third-order valence-electron chi connectivity index (χ3n) is 18.2. The number of allylic oxidation sites excluding steroid dienone is 7. The highest BCUT2D eigenvalue weighted by Crippen LogP contribution is 2.38. The Morgan fingerprint density at radius 3 is 1.02 bits per heavy atom. The van der Waals surface area contributed by atoms with E-state index in [2.05, 4.69) is 62.5 Å². The van der Waals surface area contributed by atoms with Crippen molar-refractivity contribution in [3.8, 4) is 0 Å². The zero-order valence-electron chi connectivity index (χ0n) is 61.6. The molecule has 0 fully saturated rings. The van der Waals surface area contributed by atoms with Crippen molar-refractivity contribution in [1.82, 2.24) is 5.32 Å². The van der Waals surface area contributed by atoms with Crippen LogP contribution in [0.5, 0.6) is 0 Å². The Balaban J connectivity index is 4.93. The lowest BCUT2D eigenvalue weighted by Gasteiger charge is -2.30. The Hall–Kier alpha value is -2.03. The number of phosphoric ester groups is 1. The number of esters is 1. The van der Waals surface area contributed by atoms with E-state index in [0.717, 1.165) is 64.2 Å². The van der Waals surface area contributed by atoms with Crippen LogP contribution in [-0.4, -0.2) is 69.4 Å². The van der Waals surface area contributed by atoms with Crippen molar-refractivity contribution in [2.45, 2.75) is 418 Å². The van der Waals surface area contributed by atoms with E-state index in [1.54, 1.807) is 0 Å². The second-order valence-electron chi connectivity index (χ2n) is 28.6. The molecule has 0 bridgehead atoms. The number of nitrogens with one attached hydrogen (secondary N) is 1. The maximum atomic E-state index is 13.7. The molecule has 0 aliphatic rings. The van der Waals surface area contributed by atoms with Crippen molar-refractivity contribution >= 4 is 19.7 Å². The predicted molar refractivity (Wildman–Crippen MR) is 395 cm³/mol. The molecular weight excluding hydrogens is 1140 g/mol. The van der Waals surface area contributed by atoms with Crippen molar-refractivity contribution in [3.05, 3.63) is 48.6 Å². The zero-order valence-corrected chi connectivity index (χ0v) is 62.5. The van der Waals surface area contributed by atoms with Crippen LogP contribution < -0.4 is 10.2 Å². The summed E-state index contributed by atoms with van der Waals surface area (Å²) < 4.78 is 30.6. The monoisotopic (exact) mass is 1300 g/mol. The van der Waals surface area contributed by atoms with Gasteiger partial charge in [-0.15, -0.1) is 0 Å². The number of phosphoric acid groups is 1. The summed E-state index contributed by atoms with van der Waals surface area (Å²) in [4.78, 5) is 40.4. The lowest BCUT2D eigenvalue weighted by Crippen LogP contribution is -2.47. The Bertz CT molecular complexity index is 1690. The molecule has 0 saturated carbocycles. The molecule has 3 atom stereocenters. The summed E-state index contributed by atoms with van der Waals surface area (Å²) in [6.45, 7) is 6.89. The van der Waals surface area contributed by atoms with E-state index in [-0.39, 0.29) is 31.5 Å². The van der Waals surface area contributed by atoms with Crippen LogP contribution in [0.3, 0.4) is 0 Å². The fourth-order valence-corrected chi connectivity index (χ4v) is 12.8. The quantitative estimate of drug-likeness (QED) is 0.0212. The molecule has 0 aromatic carbocycles. The van der Waals surface area contributed by atoms with Gasteiger partial charge < -0.3 is 28.5 Å². The molecule has 0 radical (unpaired) electrons. The van der Waals surface area contributed by atoms with Gasteiger partial charge in [-0.2, -0.15) is 0 Å². The lowest BCUT2D eigenvalue weighted by molar-refractivity contribution is -0.870. The molecule has 0 aromatic rings. The van der Waals surface area contributed by atoms with E-state index in [0.29, 0.717) is 17.4 Å². The van der Waals surface area contributed by atoms with Crippen LogP contribution in [0, 0.1) is 0 Å². The third-order valence-corrected chi connectivity index (χ3v) is 19.2. The van der Waals surface area contributed by atoms with Gasteiger partial charge in [0.25, 0.3) is 7.82 Å². The predicted octanol–water partition coefficient (Wildman–Crippen LogP) is 25.3. The number of carbonyl (C=O) groups is 2. The Kier molecular flexibility index (Phi) is 69.2. The number of nitrogens with zero attached hydrogens (tertiary/aromatic N) is 1. The maximum absolute atomic E-state index is 13.7. The van der Waals surface area contributed by atoms with E-state index < -0.39 is 20.0 Å². The normalized spacial score (nSPS) is 13.6. The molecule has 0 aromatic heterocycles. The van der Waals surface area contributed by atoms with E-state index >= 15 is 0 Å². The standard InChI is InChI=1S/C81H155N2O7P/c1-7-10-13-16-19-22-25-28-30-32-34-36-38-40-41-43-44-46-48-50-52-55-58-61-64-67-70-73-80(84)82-78(77-89-91(86,87)88-76-75-83(4,5)6)79(72-69-66-63-60-57-54-27-24-21-18-15-12-9-3)90-81(85)74-71-68-65-62-59-56-53-51-49-47-45-42-39-37-35-33-31-29-26-23-20-17-14-11-8-2/h19,22,28-31,69,72,78-79H,7-18,20-21,23-27,32-68,70-71,73-77H2,1-6H3,(H-,82,84,86,87)/b22-19-,30-28-,31-29+,72-69+. The van der Waals surface area contributed by atoms with Crippen molar-refractivity contribution in [3.63, 3.8) is 0 Å². The molecule has 0 saturated heterocycles. The second kappa shape index (κ2) is 70.8. The zero-order chi connectivity index (χ0) is 66.3. The summed E-state index contributed by atoms with van der Waals surface area (Å²) >= 11 is 0. The van der Waals surface area contributed by atoms with Crippen molar-refractivity contribution in [2.24, 2.45) is 0 Å². The Morgan fingerprint density at radius 2 is 0.670 bits per heavy atom. The van der Waals surface area contributed by atoms with Gasteiger partial charge in [-0.25, -0.2) is 0 Å².